The van der Waals surface area contributed by atoms with E-state index in [0.717, 1.165) is 18.2 Å². The van der Waals surface area contributed by atoms with Crippen LogP contribution in [-0.4, -0.2) is 24.5 Å². The maximum absolute atomic E-state index is 11.8. The van der Waals surface area contributed by atoms with Crippen molar-refractivity contribution in [3.05, 3.63) is 0 Å². The van der Waals surface area contributed by atoms with Gasteiger partial charge in [0.1, 0.15) is 0 Å². The number of halogens is 1. The molecule has 0 heterocycles. The fourth-order valence-electron chi connectivity index (χ4n) is 0.874. The molecule has 0 aromatic rings. The Kier molecular flexibility index (Phi) is 5.62. The zero-order valence-electron chi connectivity index (χ0n) is 9.30. The maximum Gasteiger partial charge on any atom is 0.216 e. The summed E-state index contributed by atoms with van der Waals surface area (Å²) in [6, 6.07) is 0.0404. The van der Waals surface area contributed by atoms with Crippen molar-refractivity contribution < 1.29 is 8.42 Å². The predicted octanol–water partition coefficient (Wildman–Crippen LogP) is 2.27. The topological polar surface area (TPSA) is 46.2 Å². The Morgan fingerprint density at radius 3 is 2.14 bits per heavy atom. The van der Waals surface area contributed by atoms with Crippen LogP contribution in [0.25, 0.3) is 0 Å². The summed E-state index contributed by atoms with van der Waals surface area (Å²) in [6.45, 7) is 7.10. The molecule has 0 aromatic heterocycles. The highest BCUT2D eigenvalue weighted by Crippen LogP contribution is 2.15. The van der Waals surface area contributed by atoms with Crippen molar-refractivity contribution in [3.63, 3.8) is 0 Å². The monoisotopic (exact) mass is 285 g/mol. The van der Waals surface area contributed by atoms with Crippen LogP contribution in [0.2, 0.25) is 0 Å². The molecule has 0 aliphatic heterocycles. The molecule has 0 aromatic carbocycles. The third-order valence-electron chi connectivity index (χ3n) is 2.08. The van der Waals surface area contributed by atoms with Gasteiger partial charge in [0.25, 0.3) is 0 Å². The zero-order chi connectivity index (χ0) is 11.4. The van der Waals surface area contributed by atoms with Gasteiger partial charge < -0.3 is 0 Å². The lowest BCUT2D eigenvalue weighted by Gasteiger charge is -2.24. The molecule has 1 atom stereocenters. The van der Waals surface area contributed by atoms with Crippen LogP contribution in [0.15, 0.2) is 0 Å². The van der Waals surface area contributed by atoms with Gasteiger partial charge in [-0.1, -0.05) is 22.9 Å². The van der Waals surface area contributed by atoms with Crippen LogP contribution in [-0.2, 0) is 10.0 Å². The number of hydrogen-bond acceptors (Lipinski definition) is 2. The van der Waals surface area contributed by atoms with Crippen molar-refractivity contribution >= 4 is 26.0 Å². The minimum absolute atomic E-state index is 0.0404. The first-order valence-electron chi connectivity index (χ1n) is 4.82. The second kappa shape index (κ2) is 5.47. The van der Waals surface area contributed by atoms with Gasteiger partial charge in [-0.05, 0) is 33.6 Å². The van der Waals surface area contributed by atoms with Crippen LogP contribution in [0.5, 0.6) is 0 Å². The van der Waals surface area contributed by atoms with Crippen LogP contribution in [0.4, 0.5) is 0 Å². The molecule has 0 amide bonds. The van der Waals surface area contributed by atoms with E-state index in [9.17, 15) is 8.42 Å². The van der Waals surface area contributed by atoms with Gasteiger partial charge >= 0.3 is 0 Å². The quantitative estimate of drug-likeness (QED) is 0.788. The van der Waals surface area contributed by atoms with Crippen LogP contribution in [0, 0.1) is 0 Å². The molecule has 0 fully saturated rings. The van der Waals surface area contributed by atoms with Crippen LogP contribution >= 0.6 is 15.9 Å². The molecule has 0 spiro atoms. The van der Waals surface area contributed by atoms with Crippen molar-refractivity contribution in [2.24, 2.45) is 0 Å². The van der Waals surface area contributed by atoms with Crippen molar-refractivity contribution in [1.29, 1.82) is 0 Å². The molecule has 86 valence electrons. The van der Waals surface area contributed by atoms with Crippen LogP contribution < -0.4 is 4.72 Å². The van der Waals surface area contributed by atoms with E-state index >= 15 is 0 Å². The lowest BCUT2D eigenvalue weighted by molar-refractivity contribution is 0.507. The summed E-state index contributed by atoms with van der Waals surface area (Å²) in [6.07, 6.45) is 1.65. The third kappa shape index (κ3) is 4.28. The summed E-state index contributed by atoms with van der Waals surface area (Å²) in [5.41, 5.74) is 0. The highest BCUT2D eigenvalue weighted by Gasteiger charge is 2.30. The lowest BCUT2D eigenvalue weighted by atomic mass is 10.2. The van der Waals surface area contributed by atoms with Crippen molar-refractivity contribution in [3.8, 4) is 0 Å². The predicted molar refractivity (Wildman–Crippen MR) is 64.3 cm³/mol. The van der Waals surface area contributed by atoms with E-state index in [1.165, 1.54) is 0 Å². The number of hydrogen-bond donors (Lipinski definition) is 1. The van der Waals surface area contributed by atoms with E-state index in [4.69, 9.17) is 0 Å². The SMILES string of the molecule is CCC(CCBr)NS(=O)(=O)C(C)(C)C. The number of nitrogens with one attached hydrogen (secondary N) is 1. The van der Waals surface area contributed by atoms with Crippen molar-refractivity contribution in [1.82, 2.24) is 4.72 Å². The average molecular weight is 286 g/mol. The summed E-state index contributed by atoms with van der Waals surface area (Å²) in [5, 5.41) is 0.818. The van der Waals surface area contributed by atoms with E-state index in [0.29, 0.717) is 0 Å². The highest BCUT2D eigenvalue weighted by molar-refractivity contribution is 9.09. The van der Waals surface area contributed by atoms with E-state index < -0.39 is 14.8 Å². The van der Waals surface area contributed by atoms with E-state index in [1.807, 2.05) is 6.92 Å². The molecule has 0 saturated carbocycles. The Labute approximate surface area is 95.8 Å². The molecule has 0 rings (SSSR count). The Hall–Kier alpha value is 0.390. The van der Waals surface area contributed by atoms with Gasteiger partial charge in [0, 0.05) is 11.4 Å². The summed E-state index contributed by atoms with van der Waals surface area (Å²) >= 11 is 3.31. The number of sulfonamides is 1. The Morgan fingerprint density at radius 2 is 1.86 bits per heavy atom. The van der Waals surface area contributed by atoms with Gasteiger partial charge in [-0.2, -0.15) is 0 Å². The van der Waals surface area contributed by atoms with Crippen LogP contribution in [0.3, 0.4) is 0 Å². The first-order chi connectivity index (χ1) is 6.24. The molecular formula is C9H20BrNO2S. The largest absolute Gasteiger partial charge is 0.216 e. The second-order valence-corrected chi connectivity index (χ2v) is 7.58. The lowest BCUT2D eigenvalue weighted by Crippen LogP contribution is -2.44. The van der Waals surface area contributed by atoms with Gasteiger partial charge in [-0.3, -0.25) is 0 Å². The van der Waals surface area contributed by atoms with Crippen LogP contribution in [0.1, 0.15) is 40.5 Å². The second-order valence-electron chi connectivity index (χ2n) is 4.32. The first kappa shape index (κ1) is 14.4. The standard InChI is InChI=1S/C9H20BrNO2S/c1-5-8(6-7-10)11-14(12,13)9(2,3)4/h8,11H,5-7H2,1-4H3. The van der Waals surface area contributed by atoms with Crippen molar-refractivity contribution in [2.75, 3.05) is 5.33 Å². The molecule has 14 heavy (non-hydrogen) atoms. The summed E-state index contributed by atoms with van der Waals surface area (Å²) < 4.78 is 25.5. The summed E-state index contributed by atoms with van der Waals surface area (Å²) in [5.74, 6) is 0. The molecule has 5 heteroatoms. The fraction of sp³-hybridized carbons (Fsp3) is 1.00. The molecule has 0 aliphatic rings. The third-order valence-corrected chi connectivity index (χ3v) is 4.79. The highest BCUT2D eigenvalue weighted by atomic mass is 79.9. The molecule has 1 unspecified atom stereocenters. The maximum atomic E-state index is 11.8. The summed E-state index contributed by atoms with van der Waals surface area (Å²) in [7, 11) is -3.20. The molecule has 0 saturated heterocycles. The molecule has 0 bridgehead atoms. The van der Waals surface area contributed by atoms with Crippen molar-refractivity contribution in [2.45, 2.75) is 51.3 Å². The Balaban J connectivity index is 4.49. The molecule has 3 nitrogen and oxygen atoms in total. The number of alkyl halides is 1. The Bertz CT molecular complexity index is 256. The average Bonchev–Trinajstić information content (AvgIpc) is 2.01. The molecule has 0 radical (unpaired) electrons. The van der Waals surface area contributed by atoms with Gasteiger partial charge in [0.2, 0.25) is 10.0 Å². The first-order valence-corrected chi connectivity index (χ1v) is 7.43. The molecular weight excluding hydrogens is 266 g/mol. The smallest absolute Gasteiger partial charge is 0.212 e. The molecule has 1 N–H and O–H groups in total. The van der Waals surface area contributed by atoms with E-state index in [2.05, 4.69) is 20.7 Å². The van der Waals surface area contributed by atoms with E-state index in [-0.39, 0.29) is 6.04 Å². The van der Waals surface area contributed by atoms with Gasteiger partial charge in [0.15, 0.2) is 0 Å². The zero-order valence-corrected chi connectivity index (χ0v) is 11.7. The fourth-order valence-corrected chi connectivity index (χ4v) is 2.50. The molecule has 0 aliphatic carbocycles. The number of rotatable bonds is 5. The Morgan fingerprint density at radius 1 is 1.36 bits per heavy atom. The summed E-state index contributed by atoms with van der Waals surface area (Å²) in [4.78, 5) is 0. The minimum Gasteiger partial charge on any atom is -0.212 e. The van der Waals surface area contributed by atoms with E-state index in [1.54, 1.807) is 20.8 Å². The minimum atomic E-state index is -3.20. The van der Waals surface area contributed by atoms with Gasteiger partial charge in [-0.15, -0.1) is 0 Å². The van der Waals surface area contributed by atoms with Gasteiger partial charge in [0.05, 0.1) is 4.75 Å². The normalized spacial score (nSPS) is 15.5. The van der Waals surface area contributed by atoms with Gasteiger partial charge in [-0.25, -0.2) is 13.1 Å².